The average Bonchev–Trinajstić information content (AvgIpc) is 2.08. The molecule has 1 rings (SSSR count). The first-order valence-corrected chi connectivity index (χ1v) is 4.30. The molecule has 0 saturated heterocycles. The molecule has 76 valence electrons. The first-order valence-electron chi connectivity index (χ1n) is 4.30. The van der Waals surface area contributed by atoms with Crippen molar-refractivity contribution >= 4 is 5.91 Å². The largest absolute Gasteiger partial charge is 0.370 e. The number of hydrogen-bond acceptors (Lipinski definition) is 2. The zero-order valence-corrected chi connectivity index (χ0v) is 7.96. The maximum Gasteiger partial charge on any atom is 0.219 e. The fourth-order valence-electron chi connectivity index (χ4n) is 1.27. The number of nitrogens with two attached hydrogens (primary N) is 2. The molecule has 4 N–H and O–H groups in total. The average molecular weight is 196 g/mol. The van der Waals surface area contributed by atoms with Crippen LogP contribution in [0.4, 0.5) is 4.39 Å². The molecule has 0 aliphatic carbocycles. The third-order valence-corrected chi connectivity index (χ3v) is 1.97. The van der Waals surface area contributed by atoms with E-state index in [0.717, 1.165) is 5.56 Å². The first-order chi connectivity index (χ1) is 6.50. The van der Waals surface area contributed by atoms with Gasteiger partial charge in [-0.2, -0.15) is 0 Å². The Morgan fingerprint density at radius 3 is 2.79 bits per heavy atom. The summed E-state index contributed by atoms with van der Waals surface area (Å²) in [4.78, 5) is 10.6. The first kappa shape index (κ1) is 10.7. The summed E-state index contributed by atoms with van der Waals surface area (Å²) >= 11 is 0. The fraction of sp³-hybridized carbons (Fsp3) is 0.300. The van der Waals surface area contributed by atoms with Crippen LogP contribution in [-0.4, -0.2) is 5.91 Å². The lowest BCUT2D eigenvalue weighted by atomic mass is 10.0. The van der Waals surface area contributed by atoms with Gasteiger partial charge in [0.1, 0.15) is 5.82 Å². The maximum atomic E-state index is 13.2. The van der Waals surface area contributed by atoms with Crippen LogP contribution < -0.4 is 11.5 Å². The van der Waals surface area contributed by atoms with Crippen molar-refractivity contribution < 1.29 is 9.18 Å². The van der Waals surface area contributed by atoms with Gasteiger partial charge in [0.05, 0.1) is 0 Å². The zero-order chi connectivity index (χ0) is 10.7. The molecule has 4 heteroatoms. The Kier molecular flexibility index (Phi) is 3.19. The predicted octanol–water partition coefficient (Wildman–Crippen LogP) is 1.01. The number of rotatable bonds is 3. The minimum absolute atomic E-state index is 0.0413. The third kappa shape index (κ3) is 2.53. The van der Waals surface area contributed by atoms with Crippen LogP contribution in [0, 0.1) is 12.7 Å². The molecule has 3 nitrogen and oxygen atoms in total. The Hall–Kier alpha value is -1.42. The van der Waals surface area contributed by atoms with Gasteiger partial charge in [-0.1, -0.05) is 17.7 Å². The van der Waals surface area contributed by atoms with Crippen LogP contribution in [-0.2, 0) is 4.79 Å². The van der Waals surface area contributed by atoms with Crippen molar-refractivity contribution in [2.45, 2.75) is 19.4 Å². The van der Waals surface area contributed by atoms with Crippen LogP contribution in [0.3, 0.4) is 0 Å². The van der Waals surface area contributed by atoms with Gasteiger partial charge >= 0.3 is 0 Å². The molecule has 0 fully saturated rings. The number of aryl methyl sites for hydroxylation is 1. The quantitative estimate of drug-likeness (QED) is 0.757. The van der Waals surface area contributed by atoms with Crippen LogP contribution in [0.1, 0.15) is 23.6 Å². The van der Waals surface area contributed by atoms with Gasteiger partial charge in [-0.15, -0.1) is 0 Å². The summed E-state index contributed by atoms with van der Waals surface area (Å²) in [7, 11) is 0. The van der Waals surface area contributed by atoms with Crippen molar-refractivity contribution in [3.63, 3.8) is 0 Å². The summed E-state index contributed by atoms with van der Waals surface area (Å²) in [5, 5.41) is 0. The van der Waals surface area contributed by atoms with Crippen LogP contribution in [0.5, 0.6) is 0 Å². The molecule has 14 heavy (non-hydrogen) atoms. The highest BCUT2D eigenvalue weighted by Crippen LogP contribution is 2.18. The lowest BCUT2D eigenvalue weighted by molar-refractivity contribution is -0.118. The molecular weight excluding hydrogens is 183 g/mol. The van der Waals surface area contributed by atoms with E-state index in [-0.39, 0.29) is 6.42 Å². The minimum Gasteiger partial charge on any atom is -0.370 e. The summed E-state index contributed by atoms with van der Waals surface area (Å²) in [5.74, 6) is -0.928. The highest BCUT2D eigenvalue weighted by Gasteiger charge is 2.13. The number of carbonyl (C=O) groups excluding carboxylic acids is 1. The SMILES string of the molecule is Cc1ccc(F)c([C@H](N)CC(N)=O)c1. The standard InChI is InChI=1S/C10H13FN2O/c1-6-2-3-8(11)7(4-6)9(12)5-10(13)14/h2-4,9H,5,12H2,1H3,(H2,13,14)/t9-/m1/s1. The maximum absolute atomic E-state index is 13.2. The molecule has 1 aromatic rings. The van der Waals surface area contributed by atoms with E-state index in [1.54, 1.807) is 12.1 Å². The monoisotopic (exact) mass is 196 g/mol. The van der Waals surface area contributed by atoms with Gasteiger partial charge in [0.2, 0.25) is 5.91 Å². The summed E-state index contributed by atoms with van der Waals surface area (Å²) in [5.41, 5.74) is 11.8. The van der Waals surface area contributed by atoms with Gasteiger partial charge in [0.25, 0.3) is 0 Å². The summed E-state index contributed by atoms with van der Waals surface area (Å²) in [6.07, 6.45) is -0.0413. The molecule has 0 radical (unpaired) electrons. The van der Waals surface area contributed by atoms with Crippen molar-refractivity contribution in [1.82, 2.24) is 0 Å². The molecule has 1 aromatic carbocycles. The molecule has 0 bridgehead atoms. The molecule has 0 aliphatic heterocycles. The number of benzene rings is 1. The van der Waals surface area contributed by atoms with E-state index in [2.05, 4.69) is 0 Å². The lowest BCUT2D eigenvalue weighted by Crippen LogP contribution is -2.21. The number of hydrogen-bond donors (Lipinski definition) is 2. The molecule has 1 atom stereocenters. The number of amides is 1. The Labute approximate surface area is 81.9 Å². The van der Waals surface area contributed by atoms with E-state index < -0.39 is 17.8 Å². The second kappa shape index (κ2) is 4.19. The number of halogens is 1. The molecule has 0 aromatic heterocycles. The molecular formula is C10H13FN2O. The Morgan fingerprint density at radius 1 is 1.57 bits per heavy atom. The van der Waals surface area contributed by atoms with Crippen LogP contribution in [0.15, 0.2) is 18.2 Å². The fourth-order valence-corrected chi connectivity index (χ4v) is 1.27. The van der Waals surface area contributed by atoms with Crippen molar-refractivity contribution in [2.75, 3.05) is 0 Å². The smallest absolute Gasteiger partial charge is 0.219 e. The molecule has 0 heterocycles. The second-order valence-corrected chi connectivity index (χ2v) is 3.30. The van der Waals surface area contributed by atoms with Crippen molar-refractivity contribution in [3.05, 3.63) is 35.1 Å². The second-order valence-electron chi connectivity index (χ2n) is 3.30. The number of primary amides is 1. The van der Waals surface area contributed by atoms with Gasteiger partial charge < -0.3 is 11.5 Å². The predicted molar refractivity (Wildman–Crippen MR) is 51.9 cm³/mol. The van der Waals surface area contributed by atoms with E-state index in [4.69, 9.17) is 11.5 Å². The van der Waals surface area contributed by atoms with Crippen LogP contribution >= 0.6 is 0 Å². The molecule has 0 saturated carbocycles. The Balaban J connectivity index is 2.93. The van der Waals surface area contributed by atoms with E-state index in [0.29, 0.717) is 5.56 Å². The molecule has 0 unspecified atom stereocenters. The Bertz CT molecular complexity index is 352. The van der Waals surface area contributed by atoms with Crippen LogP contribution in [0.25, 0.3) is 0 Å². The Morgan fingerprint density at radius 2 is 2.21 bits per heavy atom. The van der Waals surface area contributed by atoms with Crippen molar-refractivity contribution in [1.29, 1.82) is 0 Å². The van der Waals surface area contributed by atoms with Gasteiger partial charge in [0.15, 0.2) is 0 Å². The number of carbonyl (C=O) groups is 1. The van der Waals surface area contributed by atoms with Gasteiger partial charge in [-0.25, -0.2) is 4.39 Å². The van der Waals surface area contributed by atoms with Crippen molar-refractivity contribution in [2.24, 2.45) is 11.5 Å². The summed E-state index contributed by atoms with van der Waals surface area (Å²) in [6, 6.07) is 3.96. The lowest BCUT2D eigenvalue weighted by Gasteiger charge is -2.11. The van der Waals surface area contributed by atoms with E-state index >= 15 is 0 Å². The summed E-state index contributed by atoms with van der Waals surface area (Å²) < 4.78 is 13.2. The highest BCUT2D eigenvalue weighted by atomic mass is 19.1. The third-order valence-electron chi connectivity index (χ3n) is 1.97. The van der Waals surface area contributed by atoms with E-state index in [1.165, 1.54) is 6.07 Å². The normalized spacial score (nSPS) is 12.5. The zero-order valence-electron chi connectivity index (χ0n) is 7.96. The van der Waals surface area contributed by atoms with E-state index in [1.807, 2.05) is 6.92 Å². The van der Waals surface area contributed by atoms with Crippen molar-refractivity contribution in [3.8, 4) is 0 Å². The topological polar surface area (TPSA) is 69.1 Å². The molecule has 0 aliphatic rings. The van der Waals surface area contributed by atoms with E-state index in [9.17, 15) is 9.18 Å². The molecule has 1 amide bonds. The summed E-state index contributed by atoms with van der Waals surface area (Å²) in [6.45, 7) is 1.83. The highest BCUT2D eigenvalue weighted by molar-refractivity contribution is 5.74. The minimum atomic E-state index is -0.660. The van der Waals surface area contributed by atoms with Gasteiger partial charge in [-0.3, -0.25) is 4.79 Å². The van der Waals surface area contributed by atoms with Crippen LogP contribution in [0.2, 0.25) is 0 Å². The van der Waals surface area contributed by atoms with Gasteiger partial charge in [0, 0.05) is 18.0 Å². The van der Waals surface area contributed by atoms with Gasteiger partial charge in [-0.05, 0) is 13.0 Å². The molecule has 0 spiro atoms.